The van der Waals surface area contributed by atoms with Gasteiger partial charge in [-0.1, -0.05) is 29.8 Å². The minimum Gasteiger partial charge on any atom is -0.324 e. The number of amides is 3. The summed E-state index contributed by atoms with van der Waals surface area (Å²) in [6.07, 6.45) is -7.60. The molecule has 1 atom stereocenters. The first-order valence-electron chi connectivity index (χ1n) is 7.43. The number of carbonyl (C=O) groups is 2. The maximum atomic E-state index is 13.5. The summed E-state index contributed by atoms with van der Waals surface area (Å²) in [5, 5.41) is 5.22. The Morgan fingerprint density at radius 2 is 1.58 bits per heavy atom. The molecule has 0 aromatic heterocycles. The summed E-state index contributed by atoms with van der Waals surface area (Å²) < 4.78 is 52.8. The highest BCUT2D eigenvalue weighted by Crippen LogP contribution is 2.19. The Morgan fingerprint density at radius 1 is 0.962 bits per heavy atom. The number of nitrogens with one attached hydrogen (secondary N) is 3. The monoisotopic (exact) mass is 369 g/mol. The average molecular weight is 369 g/mol. The fourth-order valence-corrected chi connectivity index (χ4v) is 1.97. The summed E-state index contributed by atoms with van der Waals surface area (Å²) in [7, 11) is 0. The lowest BCUT2D eigenvalue weighted by molar-refractivity contribution is -0.157. The summed E-state index contributed by atoms with van der Waals surface area (Å²) >= 11 is 0. The Hall–Kier alpha value is -3.10. The van der Waals surface area contributed by atoms with Gasteiger partial charge in [0.05, 0.1) is 5.69 Å². The standard InChI is InChI=1S/C17H15F4N3O2/c1-10-6-8-11(9-7-10)14(25)23-15(17(19,20)21)24-16(26)22-13-5-3-2-4-12(13)18/h2-9,15H,1H3,(H,23,25)(H2,22,24,26). The number of para-hydroxylation sites is 1. The van der Waals surface area contributed by atoms with Crippen molar-refractivity contribution in [3.8, 4) is 0 Å². The minimum absolute atomic E-state index is 0.00108. The summed E-state index contributed by atoms with van der Waals surface area (Å²) in [6, 6.07) is 9.51. The molecular weight excluding hydrogens is 354 g/mol. The number of alkyl halides is 3. The molecule has 2 aromatic carbocycles. The number of halogens is 4. The van der Waals surface area contributed by atoms with E-state index in [1.807, 2.05) is 5.32 Å². The molecule has 0 radical (unpaired) electrons. The van der Waals surface area contributed by atoms with Crippen molar-refractivity contribution in [2.45, 2.75) is 19.3 Å². The van der Waals surface area contributed by atoms with Crippen LogP contribution >= 0.6 is 0 Å². The molecule has 0 spiro atoms. The lowest BCUT2D eigenvalue weighted by atomic mass is 10.1. The van der Waals surface area contributed by atoms with Gasteiger partial charge in [-0.2, -0.15) is 13.2 Å². The van der Waals surface area contributed by atoms with Gasteiger partial charge in [0.2, 0.25) is 6.17 Å². The van der Waals surface area contributed by atoms with Crippen LogP contribution in [0.5, 0.6) is 0 Å². The highest BCUT2D eigenvalue weighted by Gasteiger charge is 2.42. The van der Waals surface area contributed by atoms with E-state index in [4.69, 9.17) is 0 Å². The summed E-state index contributed by atoms with van der Waals surface area (Å²) in [5.74, 6) is -1.83. The summed E-state index contributed by atoms with van der Waals surface area (Å²) in [4.78, 5) is 23.7. The van der Waals surface area contributed by atoms with Gasteiger partial charge in [-0.05, 0) is 31.2 Å². The van der Waals surface area contributed by atoms with E-state index in [-0.39, 0.29) is 11.3 Å². The molecule has 3 N–H and O–H groups in total. The van der Waals surface area contributed by atoms with Gasteiger partial charge in [-0.3, -0.25) is 4.79 Å². The Morgan fingerprint density at radius 3 is 2.15 bits per heavy atom. The van der Waals surface area contributed by atoms with Crippen LogP contribution in [-0.4, -0.2) is 24.3 Å². The van der Waals surface area contributed by atoms with Crippen molar-refractivity contribution < 1.29 is 27.2 Å². The second kappa shape index (κ2) is 7.85. The van der Waals surface area contributed by atoms with Crippen LogP contribution in [0.15, 0.2) is 48.5 Å². The Balaban J connectivity index is 2.07. The third kappa shape index (κ3) is 5.20. The Labute approximate surface area is 146 Å². The number of carbonyl (C=O) groups excluding carboxylic acids is 2. The average Bonchev–Trinajstić information content (AvgIpc) is 2.56. The van der Waals surface area contributed by atoms with E-state index in [9.17, 15) is 27.2 Å². The molecule has 3 amide bonds. The van der Waals surface area contributed by atoms with Gasteiger partial charge in [-0.25, -0.2) is 9.18 Å². The molecular formula is C17H15F4N3O2. The Kier molecular flexibility index (Phi) is 5.81. The predicted octanol–water partition coefficient (Wildman–Crippen LogP) is 3.57. The van der Waals surface area contributed by atoms with Crippen LogP contribution in [0, 0.1) is 12.7 Å². The third-order valence-corrected chi connectivity index (χ3v) is 3.31. The van der Waals surface area contributed by atoms with Gasteiger partial charge in [0.15, 0.2) is 0 Å². The predicted molar refractivity (Wildman–Crippen MR) is 87.0 cm³/mol. The number of hydrogen-bond acceptors (Lipinski definition) is 2. The van der Waals surface area contributed by atoms with Crippen LogP contribution in [0.1, 0.15) is 15.9 Å². The molecule has 0 saturated carbocycles. The molecule has 0 aliphatic rings. The van der Waals surface area contributed by atoms with E-state index in [0.717, 1.165) is 11.6 Å². The molecule has 0 saturated heterocycles. The molecule has 0 bridgehead atoms. The number of anilines is 1. The highest BCUT2D eigenvalue weighted by molar-refractivity contribution is 5.95. The van der Waals surface area contributed by atoms with Crippen LogP contribution in [-0.2, 0) is 0 Å². The zero-order valence-electron chi connectivity index (χ0n) is 13.5. The van der Waals surface area contributed by atoms with E-state index >= 15 is 0 Å². The molecule has 0 aliphatic heterocycles. The van der Waals surface area contributed by atoms with Crippen molar-refractivity contribution in [1.82, 2.24) is 10.6 Å². The SMILES string of the molecule is Cc1ccc(C(=O)NC(NC(=O)Nc2ccccc2F)C(F)(F)F)cc1. The van der Waals surface area contributed by atoms with E-state index < -0.39 is 30.1 Å². The molecule has 138 valence electrons. The van der Waals surface area contributed by atoms with Crippen molar-refractivity contribution in [3.05, 3.63) is 65.5 Å². The number of aryl methyl sites for hydroxylation is 1. The normalized spacial score (nSPS) is 12.2. The van der Waals surface area contributed by atoms with E-state index in [2.05, 4.69) is 0 Å². The molecule has 0 aliphatic carbocycles. The molecule has 2 rings (SSSR count). The number of benzene rings is 2. The van der Waals surface area contributed by atoms with Gasteiger partial charge in [0, 0.05) is 5.56 Å². The van der Waals surface area contributed by atoms with Crippen LogP contribution in [0.2, 0.25) is 0 Å². The highest BCUT2D eigenvalue weighted by atomic mass is 19.4. The van der Waals surface area contributed by atoms with Crippen molar-refractivity contribution in [2.75, 3.05) is 5.32 Å². The van der Waals surface area contributed by atoms with Gasteiger partial charge in [0.1, 0.15) is 5.82 Å². The zero-order chi connectivity index (χ0) is 19.3. The molecule has 0 heterocycles. The van der Waals surface area contributed by atoms with Crippen LogP contribution in [0.4, 0.5) is 28.0 Å². The van der Waals surface area contributed by atoms with Crippen molar-refractivity contribution in [2.24, 2.45) is 0 Å². The largest absolute Gasteiger partial charge is 0.427 e. The maximum absolute atomic E-state index is 13.5. The molecule has 26 heavy (non-hydrogen) atoms. The van der Waals surface area contributed by atoms with Gasteiger partial charge in [-0.15, -0.1) is 0 Å². The van der Waals surface area contributed by atoms with E-state index in [1.165, 1.54) is 30.3 Å². The molecule has 1 unspecified atom stereocenters. The Bertz CT molecular complexity index is 791. The fraction of sp³-hybridized carbons (Fsp3) is 0.176. The third-order valence-electron chi connectivity index (χ3n) is 3.31. The fourth-order valence-electron chi connectivity index (χ4n) is 1.97. The topological polar surface area (TPSA) is 70.2 Å². The number of hydrogen-bond donors (Lipinski definition) is 3. The maximum Gasteiger partial charge on any atom is 0.427 e. The molecule has 5 nitrogen and oxygen atoms in total. The quantitative estimate of drug-likeness (QED) is 0.570. The number of rotatable bonds is 4. The van der Waals surface area contributed by atoms with Crippen LogP contribution in [0.25, 0.3) is 0 Å². The minimum atomic E-state index is -4.95. The van der Waals surface area contributed by atoms with Crippen LogP contribution < -0.4 is 16.0 Å². The summed E-state index contributed by atoms with van der Waals surface area (Å²) in [6.45, 7) is 1.76. The first kappa shape index (κ1) is 19.2. The summed E-state index contributed by atoms with van der Waals surface area (Å²) in [5.41, 5.74) is 0.535. The van der Waals surface area contributed by atoms with Crippen molar-refractivity contribution in [1.29, 1.82) is 0 Å². The lowest BCUT2D eigenvalue weighted by Crippen LogP contribution is -2.57. The van der Waals surface area contributed by atoms with Crippen LogP contribution in [0.3, 0.4) is 0 Å². The van der Waals surface area contributed by atoms with Crippen molar-refractivity contribution in [3.63, 3.8) is 0 Å². The first-order valence-corrected chi connectivity index (χ1v) is 7.43. The second-order valence-corrected chi connectivity index (χ2v) is 5.39. The van der Waals surface area contributed by atoms with Gasteiger partial charge >= 0.3 is 12.2 Å². The molecule has 0 fully saturated rings. The first-order chi connectivity index (χ1) is 12.2. The molecule has 2 aromatic rings. The second-order valence-electron chi connectivity index (χ2n) is 5.39. The number of urea groups is 1. The molecule has 9 heteroatoms. The van der Waals surface area contributed by atoms with Gasteiger partial charge < -0.3 is 16.0 Å². The van der Waals surface area contributed by atoms with Crippen molar-refractivity contribution >= 4 is 17.6 Å². The zero-order valence-corrected chi connectivity index (χ0v) is 13.5. The van der Waals surface area contributed by atoms with E-state index in [1.54, 1.807) is 29.7 Å². The van der Waals surface area contributed by atoms with Gasteiger partial charge in [0.25, 0.3) is 5.91 Å². The lowest BCUT2D eigenvalue weighted by Gasteiger charge is -2.23. The van der Waals surface area contributed by atoms with E-state index in [0.29, 0.717) is 0 Å². The smallest absolute Gasteiger partial charge is 0.324 e.